The predicted octanol–water partition coefficient (Wildman–Crippen LogP) is 4.53. The van der Waals surface area contributed by atoms with Crippen LogP contribution in [0.4, 0.5) is 0 Å². The van der Waals surface area contributed by atoms with Gasteiger partial charge in [-0.2, -0.15) is 5.26 Å². The number of hydrogen-bond donors (Lipinski definition) is 0. The van der Waals surface area contributed by atoms with Crippen LogP contribution in [0.15, 0.2) is 34.8 Å². The number of ether oxygens (including phenoxy) is 2. The summed E-state index contributed by atoms with van der Waals surface area (Å²) in [6, 6.07) is 12.0. The first-order chi connectivity index (χ1) is 10.1. The quantitative estimate of drug-likeness (QED) is 0.633. The van der Waals surface area contributed by atoms with Gasteiger partial charge in [0.05, 0.1) is 23.4 Å². The van der Waals surface area contributed by atoms with Crippen molar-refractivity contribution in [1.29, 1.82) is 5.26 Å². The molecule has 0 heterocycles. The number of halogens is 2. The summed E-state index contributed by atoms with van der Waals surface area (Å²) in [7, 11) is 3.27. The Labute approximate surface area is 146 Å². The summed E-state index contributed by atoms with van der Waals surface area (Å²) in [6.07, 6.45) is 0.765. The van der Waals surface area contributed by atoms with Crippen LogP contribution in [-0.4, -0.2) is 14.2 Å². The van der Waals surface area contributed by atoms with E-state index in [-0.39, 0.29) is 0 Å². The maximum Gasteiger partial charge on any atom is 0.174 e. The molecule has 0 N–H and O–H groups in total. The molecule has 0 radical (unpaired) electrons. The van der Waals surface area contributed by atoms with Crippen LogP contribution in [0.1, 0.15) is 16.7 Å². The van der Waals surface area contributed by atoms with Gasteiger partial charge in [0.1, 0.15) is 6.07 Å². The van der Waals surface area contributed by atoms with Gasteiger partial charge in [0.15, 0.2) is 11.5 Å². The number of nitrogens with zero attached hydrogens (tertiary/aromatic N) is 1. The maximum absolute atomic E-state index is 8.95. The zero-order valence-corrected chi connectivity index (χ0v) is 15.4. The molecule has 3 nitrogen and oxygen atoms in total. The zero-order chi connectivity index (χ0) is 15.4. The van der Waals surface area contributed by atoms with Crippen LogP contribution in [0, 0.1) is 14.9 Å². The fourth-order valence-electron chi connectivity index (χ4n) is 2.07. The molecule has 21 heavy (non-hydrogen) atoms. The molecule has 0 bridgehead atoms. The van der Waals surface area contributed by atoms with Crippen molar-refractivity contribution in [1.82, 2.24) is 0 Å². The average molecular weight is 458 g/mol. The lowest BCUT2D eigenvalue weighted by Gasteiger charge is -2.12. The topological polar surface area (TPSA) is 42.2 Å². The molecule has 0 aromatic heterocycles. The number of hydrogen-bond acceptors (Lipinski definition) is 3. The number of methoxy groups -OCH3 is 2. The summed E-state index contributed by atoms with van der Waals surface area (Å²) in [5.41, 5.74) is 2.90. The van der Waals surface area contributed by atoms with Gasteiger partial charge in [-0.05, 0) is 80.3 Å². The van der Waals surface area contributed by atoms with Crippen LogP contribution in [0.2, 0.25) is 0 Å². The molecule has 0 aliphatic rings. The first-order valence-electron chi connectivity index (χ1n) is 6.18. The second-order valence-electron chi connectivity index (χ2n) is 4.42. The molecule has 2 aromatic rings. The lowest BCUT2D eigenvalue weighted by Crippen LogP contribution is -1.97. The van der Waals surface area contributed by atoms with Crippen LogP contribution in [0.25, 0.3) is 0 Å². The summed E-state index contributed by atoms with van der Waals surface area (Å²) in [6.45, 7) is 0. The predicted molar refractivity (Wildman–Crippen MR) is 93.9 cm³/mol. The Kier molecular flexibility index (Phi) is 5.48. The van der Waals surface area contributed by atoms with Gasteiger partial charge in [0.2, 0.25) is 0 Å². The van der Waals surface area contributed by atoms with Crippen molar-refractivity contribution in [3.8, 4) is 17.6 Å². The molecule has 2 rings (SSSR count). The van der Waals surface area contributed by atoms with E-state index in [0.717, 1.165) is 37.1 Å². The number of rotatable bonds is 4. The second kappa shape index (κ2) is 7.14. The van der Waals surface area contributed by atoms with Crippen LogP contribution >= 0.6 is 38.5 Å². The van der Waals surface area contributed by atoms with Gasteiger partial charge in [-0.15, -0.1) is 0 Å². The van der Waals surface area contributed by atoms with E-state index >= 15 is 0 Å². The largest absolute Gasteiger partial charge is 0.493 e. The Hall–Kier alpha value is -1.26. The highest BCUT2D eigenvalue weighted by Crippen LogP contribution is 2.34. The van der Waals surface area contributed by atoms with Crippen LogP contribution in [0.3, 0.4) is 0 Å². The van der Waals surface area contributed by atoms with E-state index in [2.05, 4.69) is 50.7 Å². The molecule has 5 heteroatoms. The second-order valence-corrected chi connectivity index (χ2v) is 6.43. The summed E-state index contributed by atoms with van der Waals surface area (Å²) < 4.78 is 12.5. The van der Waals surface area contributed by atoms with Crippen molar-refractivity contribution < 1.29 is 9.47 Å². The van der Waals surface area contributed by atoms with Crippen molar-refractivity contribution in [2.75, 3.05) is 14.2 Å². The first-order valence-corrected chi connectivity index (χ1v) is 8.05. The SMILES string of the molecule is COc1cc(Cc2ccc(C#N)c(Br)c2)cc(I)c1OC. The molecule has 0 unspecified atom stereocenters. The molecule has 108 valence electrons. The van der Waals surface area contributed by atoms with Gasteiger partial charge >= 0.3 is 0 Å². The third-order valence-electron chi connectivity index (χ3n) is 3.06. The molecule has 0 spiro atoms. The molecule has 0 aliphatic heterocycles. The Balaban J connectivity index is 2.34. The van der Waals surface area contributed by atoms with Gasteiger partial charge in [0, 0.05) is 4.47 Å². The Morgan fingerprint density at radius 2 is 1.90 bits per heavy atom. The standard InChI is InChI=1S/C16H13BrINO2/c1-20-15-8-11(7-14(18)16(15)21-2)5-10-3-4-12(9-19)13(17)6-10/h3-4,6-8H,5H2,1-2H3. The van der Waals surface area contributed by atoms with Gasteiger partial charge in [-0.25, -0.2) is 0 Å². The summed E-state index contributed by atoms with van der Waals surface area (Å²) in [5.74, 6) is 1.48. The molecule has 2 aromatic carbocycles. The highest BCUT2D eigenvalue weighted by Gasteiger charge is 2.11. The van der Waals surface area contributed by atoms with E-state index in [1.807, 2.05) is 24.3 Å². The van der Waals surface area contributed by atoms with E-state index < -0.39 is 0 Å². The lowest BCUT2D eigenvalue weighted by atomic mass is 10.0. The normalized spacial score (nSPS) is 10.0. The van der Waals surface area contributed by atoms with Crippen LogP contribution < -0.4 is 9.47 Å². The molecule has 0 aliphatic carbocycles. The molecule has 0 saturated carbocycles. The highest BCUT2D eigenvalue weighted by molar-refractivity contribution is 14.1. The van der Waals surface area contributed by atoms with Crippen molar-refractivity contribution in [2.45, 2.75) is 6.42 Å². The third-order valence-corrected chi connectivity index (χ3v) is 4.51. The minimum Gasteiger partial charge on any atom is -0.493 e. The van der Waals surface area contributed by atoms with Crippen molar-refractivity contribution >= 4 is 38.5 Å². The molecule has 0 amide bonds. The van der Waals surface area contributed by atoms with E-state index in [1.54, 1.807) is 14.2 Å². The van der Waals surface area contributed by atoms with Crippen molar-refractivity contribution in [3.05, 3.63) is 55.1 Å². The minimum atomic E-state index is 0.639. The summed E-state index contributed by atoms with van der Waals surface area (Å²) in [5, 5.41) is 8.95. The fraction of sp³-hybridized carbons (Fsp3) is 0.188. The van der Waals surface area contributed by atoms with Gasteiger partial charge in [0.25, 0.3) is 0 Å². The molecule has 0 saturated heterocycles. The molecule has 0 fully saturated rings. The van der Waals surface area contributed by atoms with E-state index in [1.165, 1.54) is 0 Å². The monoisotopic (exact) mass is 457 g/mol. The summed E-state index contributed by atoms with van der Waals surface area (Å²) in [4.78, 5) is 0. The Morgan fingerprint density at radius 3 is 2.48 bits per heavy atom. The highest BCUT2D eigenvalue weighted by atomic mass is 127. The van der Waals surface area contributed by atoms with E-state index in [0.29, 0.717) is 5.56 Å². The van der Waals surface area contributed by atoms with Gasteiger partial charge in [-0.3, -0.25) is 0 Å². The van der Waals surface area contributed by atoms with E-state index in [9.17, 15) is 0 Å². The minimum absolute atomic E-state index is 0.639. The van der Waals surface area contributed by atoms with Crippen LogP contribution in [-0.2, 0) is 6.42 Å². The van der Waals surface area contributed by atoms with Crippen LogP contribution in [0.5, 0.6) is 11.5 Å². The third kappa shape index (κ3) is 3.69. The first kappa shape index (κ1) is 16.1. The number of benzene rings is 2. The molecular formula is C16H13BrINO2. The lowest BCUT2D eigenvalue weighted by molar-refractivity contribution is 0.352. The zero-order valence-electron chi connectivity index (χ0n) is 11.6. The van der Waals surface area contributed by atoms with E-state index in [4.69, 9.17) is 14.7 Å². The number of nitriles is 1. The smallest absolute Gasteiger partial charge is 0.174 e. The fourth-order valence-corrected chi connectivity index (χ4v) is 3.47. The maximum atomic E-state index is 8.95. The molecule has 0 atom stereocenters. The van der Waals surface area contributed by atoms with Gasteiger partial charge < -0.3 is 9.47 Å². The van der Waals surface area contributed by atoms with Crippen molar-refractivity contribution in [2.24, 2.45) is 0 Å². The van der Waals surface area contributed by atoms with Gasteiger partial charge in [-0.1, -0.05) is 6.07 Å². The Bertz CT molecular complexity index is 710. The van der Waals surface area contributed by atoms with Crippen molar-refractivity contribution in [3.63, 3.8) is 0 Å². The summed E-state index contributed by atoms with van der Waals surface area (Å²) >= 11 is 5.66. The molecular weight excluding hydrogens is 445 g/mol. The average Bonchev–Trinajstić information content (AvgIpc) is 2.46. The Morgan fingerprint density at radius 1 is 1.14 bits per heavy atom.